The number of aliphatic hydroxyl groups excluding tert-OH is 1. The summed E-state index contributed by atoms with van der Waals surface area (Å²) in [5.41, 5.74) is 0. The molecule has 1 amide bonds. The molecule has 0 radical (unpaired) electrons. The molecule has 3 atom stereocenters. The first-order valence-corrected chi connectivity index (χ1v) is 8.17. The van der Waals surface area contributed by atoms with Crippen LogP contribution in [0.5, 0.6) is 0 Å². The van der Waals surface area contributed by atoms with Crippen LogP contribution in [0.4, 0.5) is 0 Å². The van der Waals surface area contributed by atoms with Crippen molar-refractivity contribution in [2.75, 3.05) is 13.2 Å². The third kappa shape index (κ3) is 8.48. The van der Waals surface area contributed by atoms with E-state index in [4.69, 9.17) is 9.47 Å². The van der Waals surface area contributed by atoms with Gasteiger partial charge in [0.1, 0.15) is 12.1 Å². The van der Waals surface area contributed by atoms with Crippen molar-refractivity contribution in [2.45, 2.75) is 52.7 Å². The normalized spacial score (nSPS) is 14.3. The molecule has 0 spiro atoms. The summed E-state index contributed by atoms with van der Waals surface area (Å²) >= 11 is 0. The minimum atomic E-state index is -1.72. The lowest BCUT2D eigenvalue weighted by Crippen LogP contribution is -2.52. The molecule has 0 aliphatic carbocycles. The maximum absolute atomic E-state index is 12.1. The zero-order valence-corrected chi connectivity index (χ0v) is 15.0. The van der Waals surface area contributed by atoms with E-state index in [-0.39, 0.29) is 25.6 Å². The highest BCUT2D eigenvalue weighted by Gasteiger charge is 2.39. The van der Waals surface area contributed by atoms with Crippen LogP contribution in [0.15, 0.2) is 0 Å². The summed E-state index contributed by atoms with van der Waals surface area (Å²) in [6, 6.07) is -1.72. The monoisotopic (exact) mass is 361 g/mol. The number of carbonyl (C=O) groups is 4. The lowest BCUT2D eigenvalue weighted by Gasteiger charge is -2.24. The average Bonchev–Trinajstić information content (AvgIpc) is 2.49. The van der Waals surface area contributed by atoms with Gasteiger partial charge < -0.3 is 25.0 Å². The van der Waals surface area contributed by atoms with E-state index >= 15 is 0 Å². The summed E-state index contributed by atoms with van der Waals surface area (Å²) in [5.74, 6) is -5.65. The number of carboxylic acid groups (broad SMARTS) is 1. The van der Waals surface area contributed by atoms with E-state index in [1.54, 1.807) is 20.8 Å². The molecule has 0 bridgehead atoms. The van der Waals surface area contributed by atoms with Crippen molar-refractivity contribution >= 4 is 23.8 Å². The van der Waals surface area contributed by atoms with E-state index < -0.39 is 48.3 Å². The third-order valence-electron chi connectivity index (χ3n) is 3.24. The Kier molecular flexibility index (Phi) is 10.4. The molecule has 0 fully saturated rings. The van der Waals surface area contributed by atoms with Gasteiger partial charge in [-0.3, -0.25) is 14.4 Å². The van der Waals surface area contributed by atoms with Gasteiger partial charge in [-0.2, -0.15) is 0 Å². The molecular weight excluding hydrogens is 334 g/mol. The van der Waals surface area contributed by atoms with Crippen LogP contribution in [0.25, 0.3) is 0 Å². The van der Waals surface area contributed by atoms with Crippen molar-refractivity contribution in [3.8, 4) is 0 Å². The standard InChI is InChI=1S/C16H27NO8/c1-5-24-12(19)8-10(16(23)25-6-2)13(15(21)22)17-14(20)11(18)7-9(3)4/h9-11,13,18H,5-8H2,1-4H3,(H,17,20)(H,21,22)/t10-,11+,13+/m0/s1. The Morgan fingerprint density at radius 3 is 2.04 bits per heavy atom. The molecule has 0 aliphatic heterocycles. The fraction of sp³-hybridized carbons (Fsp3) is 0.750. The lowest BCUT2D eigenvalue weighted by molar-refractivity contribution is -0.160. The van der Waals surface area contributed by atoms with Gasteiger partial charge in [-0.1, -0.05) is 13.8 Å². The molecule has 0 rings (SSSR count). The smallest absolute Gasteiger partial charge is 0.327 e. The van der Waals surface area contributed by atoms with Crippen LogP contribution in [-0.4, -0.2) is 59.4 Å². The van der Waals surface area contributed by atoms with E-state index in [1.807, 2.05) is 0 Å². The predicted molar refractivity (Wildman–Crippen MR) is 86.4 cm³/mol. The second-order valence-corrected chi connectivity index (χ2v) is 5.84. The molecule has 9 nitrogen and oxygen atoms in total. The number of rotatable bonds is 11. The number of ether oxygens (including phenoxy) is 2. The summed E-state index contributed by atoms with van der Waals surface area (Å²) in [7, 11) is 0. The van der Waals surface area contributed by atoms with Gasteiger partial charge in [0.15, 0.2) is 0 Å². The Labute approximate surface area is 146 Å². The van der Waals surface area contributed by atoms with Gasteiger partial charge in [-0.25, -0.2) is 4.79 Å². The highest BCUT2D eigenvalue weighted by molar-refractivity contribution is 5.91. The highest BCUT2D eigenvalue weighted by Crippen LogP contribution is 2.15. The Hall–Kier alpha value is -2.16. The first-order chi connectivity index (χ1) is 11.6. The van der Waals surface area contributed by atoms with Crippen LogP contribution in [0, 0.1) is 11.8 Å². The topological polar surface area (TPSA) is 139 Å². The lowest BCUT2D eigenvalue weighted by atomic mass is 9.95. The SMILES string of the molecule is CCOC(=O)C[C@H](C(=O)OCC)[C@@H](NC(=O)[C@H](O)CC(C)C)C(=O)O. The van der Waals surface area contributed by atoms with Crippen LogP contribution in [0.2, 0.25) is 0 Å². The van der Waals surface area contributed by atoms with Crippen molar-refractivity contribution in [1.82, 2.24) is 5.32 Å². The Morgan fingerprint density at radius 2 is 1.60 bits per heavy atom. The van der Waals surface area contributed by atoms with Gasteiger partial charge in [-0.15, -0.1) is 0 Å². The van der Waals surface area contributed by atoms with Gasteiger partial charge in [0.25, 0.3) is 0 Å². The third-order valence-corrected chi connectivity index (χ3v) is 3.24. The minimum Gasteiger partial charge on any atom is -0.480 e. The summed E-state index contributed by atoms with van der Waals surface area (Å²) in [6.45, 7) is 6.71. The molecule has 0 unspecified atom stereocenters. The Morgan fingerprint density at radius 1 is 1.04 bits per heavy atom. The fourth-order valence-electron chi connectivity index (χ4n) is 2.12. The molecule has 3 N–H and O–H groups in total. The van der Waals surface area contributed by atoms with E-state index in [0.29, 0.717) is 0 Å². The van der Waals surface area contributed by atoms with E-state index in [0.717, 1.165) is 0 Å². The van der Waals surface area contributed by atoms with Crippen molar-refractivity contribution in [3.63, 3.8) is 0 Å². The van der Waals surface area contributed by atoms with Crippen LogP contribution < -0.4 is 5.32 Å². The second-order valence-electron chi connectivity index (χ2n) is 5.84. The summed E-state index contributed by atoms with van der Waals surface area (Å²) in [4.78, 5) is 47.2. The number of nitrogens with one attached hydrogen (secondary N) is 1. The second kappa shape index (κ2) is 11.4. The maximum Gasteiger partial charge on any atom is 0.327 e. The first kappa shape index (κ1) is 22.8. The largest absolute Gasteiger partial charge is 0.480 e. The quantitative estimate of drug-likeness (QED) is 0.440. The first-order valence-electron chi connectivity index (χ1n) is 8.17. The zero-order chi connectivity index (χ0) is 19.6. The zero-order valence-electron chi connectivity index (χ0n) is 15.0. The van der Waals surface area contributed by atoms with Crippen LogP contribution in [0.1, 0.15) is 40.5 Å². The summed E-state index contributed by atoms with van der Waals surface area (Å²) in [5, 5.41) is 21.3. The number of hydrogen-bond acceptors (Lipinski definition) is 7. The van der Waals surface area contributed by atoms with Crippen LogP contribution in [-0.2, 0) is 28.7 Å². The molecule has 0 aromatic heterocycles. The summed E-state index contributed by atoms with van der Waals surface area (Å²) < 4.78 is 9.53. The molecular formula is C16H27NO8. The predicted octanol–water partition coefficient (Wildman–Crippen LogP) is 0.0953. The molecule has 144 valence electrons. The molecule has 0 aliphatic rings. The number of aliphatic carboxylic acids is 1. The number of carboxylic acids is 1. The van der Waals surface area contributed by atoms with Crippen molar-refractivity contribution in [3.05, 3.63) is 0 Å². The number of carbonyl (C=O) groups excluding carboxylic acids is 3. The van der Waals surface area contributed by atoms with Gasteiger partial charge in [0.2, 0.25) is 5.91 Å². The highest BCUT2D eigenvalue weighted by atomic mass is 16.5. The molecule has 0 saturated heterocycles. The number of amides is 1. The Bertz CT molecular complexity index is 477. The molecule has 25 heavy (non-hydrogen) atoms. The van der Waals surface area contributed by atoms with Gasteiger partial charge in [0.05, 0.1) is 25.6 Å². The fourth-order valence-corrected chi connectivity index (χ4v) is 2.12. The average molecular weight is 361 g/mol. The van der Waals surface area contributed by atoms with Crippen LogP contribution >= 0.6 is 0 Å². The van der Waals surface area contributed by atoms with E-state index in [2.05, 4.69) is 5.32 Å². The number of esters is 2. The van der Waals surface area contributed by atoms with Crippen LogP contribution in [0.3, 0.4) is 0 Å². The molecule has 9 heteroatoms. The molecule has 0 saturated carbocycles. The van der Waals surface area contributed by atoms with Crippen molar-refractivity contribution < 1.29 is 38.9 Å². The molecule has 0 aromatic carbocycles. The summed E-state index contributed by atoms with van der Waals surface area (Å²) in [6.07, 6.45) is -1.86. The van der Waals surface area contributed by atoms with Gasteiger partial charge in [-0.05, 0) is 26.2 Å². The number of aliphatic hydroxyl groups is 1. The van der Waals surface area contributed by atoms with Crippen molar-refractivity contribution in [1.29, 1.82) is 0 Å². The van der Waals surface area contributed by atoms with Gasteiger partial charge >= 0.3 is 17.9 Å². The maximum atomic E-state index is 12.1. The van der Waals surface area contributed by atoms with E-state index in [9.17, 15) is 29.4 Å². The van der Waals surface area contributed by atoms with Gasteiger partial charge in [0, 0.05) is 0 Å². The van der Waals surface area contributed by atoms with E-state index in [1.165, 1.54) is 6.92 Å². The van der Waals surface area contributed by atoms with Crippen molar-refractivity contribution in [2.24, 2.45) is 11.8 Å². The Balaban J connectivity index is 5.32. The minimum absolute atomic E-state index is 0.00409. The number of hydrogen-bond donors (Lipinski definition) is 3. The molecule has 0 aromatic rings. The molecule has 0 heterocycles.